The molecule has 2 aromatic rings. The number of sulfone groups is 1. The van der Waals surface area contributed by atoms with Crippen molar-refractivity contribution in [3.63, 3.8) is 0 Å². The number of rotatable bonds is 7. The quantitative estimate of drug-likeness (QED) is 0.784. The lowest BCUT2D eigenvalue weighted by molar-refractivity contribution is 0.0953. The fraction of sp³-hybridized carbons (Fsp3) is 0.316. The number of unbranched alkanes of at least 4 members (excludes halogenated alkanes) is 1. The molecular formula is C19H23NO3S. The fourth-order valence-electron chi connectivity index (χ4n) is 2.38. The van der Waals surface area contributed by atoms with Gasteiger partial charge in [0.2, 0.25) is 0 Å². The van der Waals surface area contributed by atoms with E-state index in [9.17, 15) is 13.2 Å². The van der Waals surface area contributed by atoms with Gasteiger partial charge in [-0.25, -0.2) is 8.42 Å². The predicted octanol–water partition coefficient (Wildman–Crippen LogP) is 3.15. The Bertz CT molecular complexity index is 796. The van der Waals surface area contributed by atoms with E-state index in [0.717, 1.165) is 25.5 Å². The Kier molecular flexibility index (Phi) is 6.15. The molecule has 0 saturated carbocycles. The summed E-state index contributed by atoms with van der Waals surface area (Å²) < 4.78 is 23.1. The van der Waals surface area contributed by atoms with Crippen molar-refractivity contribution in [2.45, 2.75) is 31.1 Å². The van der Waals surface area contributed by atoms with Crippen LogP contribution in [0.2, 0.25) is 0 Å². The van der Waals surface area contributed by atoms with Crippen LogP contribution < -0.4 is 5.32 Å². The van der Waals surface area contributed by atoms with Crippen molar-refractivity contribution in [1.82, 2.24) is 5.32 Å². The maximum absolute atomic E-state index is 12.1. The number of aryl methyl sites for hydroxylation is 2. The van der Waals surface area contributed by atoms with E-state index in [0.29, 0.717) is 12.1 Å². The zero-order valence-corrected chi connectivity index (χ0v) is 14.9. The molecule has 1 N–H and O–H groups in total. The first kappa shape index (κ1) is 18.2. The van der Waals surface area contributed by atoms with Gasteiger partial charge in [-0.15, -0.1) is 0 Å². The maximum atomic E-state index is 12.1. The van der Waals surface area contributed by atoms with Gasteiger partial charge in [0.15, 0.2) is 9.84 Å². The molecule has 0 bridgehead atoms. The molecule has 0 spiro atoms. The Morgan fingerprint density at radius 2 is 1.75 bits per heavy atom. The normalized spacial score (nSPS) is 11.2. The van der Waals surface area contributed by atoms with Crippen LogP contribution in [0.3, 0.4) is 0 Å². The van der Waals surface area contributed by atoms with Crippen molar-refractivity contribution in [1.29, 1.82) is 0 Å². The van der Waals surface area contributed by atoms with Crippen molar-refractivity contribution in [3.05, 3.63) is 65.2 Å². The Labute approximate surface area is 143 Å². The van der Waals surface area contributed by atoms with Gasteiger partial charge in [-0.2, -0.15) is 0 Å². The smallest absolute Gasteiger partial charge is 0.251 e. The summed E-state index contributed by atoms with van der Waals surface area (Å²) in [7, 11) is -3.30. The Hall–Kier alpha value is -2.14. The molecule has 5 heteroatoms. The van der Waals surface area contributed by atoms with Crippen LogP contribution in [0.15, 0.2) is 53.4 Å². The molecule has 0 heterocycles. The molecule has 0 unspecified atom stereocenters. The maximum Gasteiger partial charge on any atom is 0.251 e. The number of carbonyl (C=O) groups excluding carboxylic acids is 1. The molecule has 0 radical (unpaired) electrons. The average molecular weight is 345 g/mol. The number of hydrogen-bond donors (Lipinski definition) is 1. The first-order valence-corrected chi connectivity index (χ1v) is 9.89. The Morgan fingerprint density at radius 3 is 2.42 bits per heavy atom. The van der Waals surface area contributed by atoms with Gasteiger partial charge in [0.1, 0.15) is 0 Å². The number of amides is 1. The molecule has 0 aliphatic heterocycles. The van der Waals surface area contributed by atoms with Crippen LogP contribution in [-0.4, -0.2) is 27.1 Å². The first-order valence-electron chi connectivity index (χ1n) is 8.00. The summed E-state index contributed by atoms with van der Waals surface area (Å²) in [5, 5.41) is 2.84. The fourth-order valence-corrected chi connectivity index (χ4v) is 3.05. The van der Waals surface area contributed by atoms with Gasteiger partial charge in [-0.1, -0.05) is 35.9 Å². The summed E-state index contributed by atoms with van der Waals surface area (Å²) in [5.41, 5.74) is 2.92. The lowest BCUT2D eigenvalue weighted by atomic mass is 10.1. The SMILES string of the molecule is Cc1ccc(CCCCNC(=O)c2cccc(S(C)(=O)=O)c2)cc1. The summed E-state index contributed by atoms with van der Waals surface area (Å²) in [4.78, 5) is 12.3. The van der Waals surface area contributed by atoms with E-state index in [1.165, 1.54) is 23.3 Å². The molecule has 2 aromatic carbocycles. The van der Waals surface area contributed by atoms with Crippen LogP contribution in [0.1, 0.15) is 34.3 Å². The summed E-state index contributed by atoms with van der Waals surface area (Å²) in [6.45, 7) is 2.64. The predicted molar refractivity (Wildman–Crippen MR) is 96.0 cm³/mol. The summed E-state index contributed by atoms with van der Waals surface area (Å²) in [6, 6.07) is 14.6. The molecule has 2 rings (SSSR count). The van der Waals surface area contributed by atoms with Gasteiger partial charge in [-0.05, 0) is 49.9 Å². The largest absolute Gasteiger partial charge is 0.352 e. The highest BCUT2D eigenvalue weighted by Gasteiger charge is 2.11. The molecule has 4 nitrogen and oxygen atoms in total. The molecular weight excluding hydrogens is 322 g/mol. The third-order valence-corrected chi connectivity index (χ3v) is 4.93. The second-order valence-electron chi connectivity index (χ2n) is 6.00. The zero-order chi connectivity index (χ0) is 17.6. The van der Waals surface area contributed by atoms with Crippen molar-refractivity contribution in [2.75, 3.05) is 12.8 Å². The molecule has 0 fully saturated rings. The zero-order valence-electron chi connectivity index (χ0n) is 14.1. The second-order valence-corrected chi connectivity index (χ2v) is 8.01. The monoisotopic (exact) mass is 345 g/mol. The molecule has 0 atom stereocenters. The van der Waals surface area contributed by atoms with E-state index in [2.05, 4.69) is 36.5 Å². The number of nitrogens with one attached hydrogen (secondary N) is 1. The Morgan fingerprint density at radius 1 is 1.04 bits per heavy atom. The van der Waals surface area contributed by atoms with Gasteiger partial charge in [0.25, 0.3) is 5.91 Å². The number of carbonyl (C=O) groups is 1. The number of hydrogen-bond acceptors (Lipinski definition) is 3. The minimum atomic E-state index is -3.30. The van der Waals surface area contributed by atoms with Gasteiger partial charge in [0, 0.05) is 18.4 Å². The Balaban J connectivity index is 1.78. The van der Waals surface area contributed by atoms with Crippen molar-refractivity contribution < 1.29 is 13.2 Å². The minimum absolute atomic E-state index is 0.162. The minimum Gasteiger partial charge on any atom is -0.352 e. The molecule has 24 heavy (non-hydrogen) atoms. The molecule has 128 valence electrons. The van der Waals surface area contributed by atoms with Crippen LogP contribution >= 0.6 is 0 Å². The van der Waals surface area contributed by atoms with E-state index in [1.807, 2.05) is 0 Å². The third kappa shape index (κ3) is 5.49. The van der Waals surface area contributed by atoms with Gasteiger partial charge < -0.3 is 5.32 Å². The lowest BCUT2D eigenvalue weighted by Crippen LogP contribution is -2.24. The third-order valence-electron chi connectivity index (χ3n) is 3.82. The van der Waals surface area contributed by atoms with Gasteiger partial charge in [-0.3, -0.25) is 4.79 Å². The first-order chi connectivity index (χ1) is 11.4. The van der Waals surface area contributed by atoms with E-state index >= 15 is 0 Å². The van der Waals surface area contributed by atoms with Crippen LogP contribution in [0.4, 0.5) is 0 Å². The molecule has 0 aromatic heterocycles. The van der Waals surface area contributed by atoms with Crippen molar-refractivity contribution >= 4 is 15.7 Å². The van der Waals surface area contributed by atoms with Crippen LogP contribution in [0.5, 0.6) is 0 Å². The van der Waals surface area contributed by atoms with Crippen LogP contribution in [0.25, 0.3) is 0 Å². The lowest BCUT2D eigenvalue weighted by Gasteiger charge is -2.07. The summed E-state index contributed by atoms with van der Waals surface area (Å²) >= 11 is 0. The van der Waals surface area contributed by atoms with E-state index in [4.69, 9.17) is 0 Å². The second kappa shape index (κ2) is 8.11. The van der Waals surface area contributed by atoms with E-state index < -0.39 is 9.84 Å². The van der Waals surface area contributed by atoms with Gasteiger partial charge >= 0.3 is 0 Å². The molecule has 0 aliphatic carbocycles. The number of benzene rings is 2. The van der Waals surface area contributed by atoms with Crippen LogP contribution in [-0.2, 0) is 16.3 Å². The highest BCUT2D eigenvalue weighted by Crippen LogP contribution is 2.11. The van der Waals surface area contributed by atoms with E-state index in [1.54, 1.807) is 12.1 Å². The standard InChI is InChI=1S/C19H23NO3S/c1-15-9-11-16(12-10-15)6-3-4-13-20-19(21)17-7-5-8-18(14-17)24(2,22)23/h5,7-12,14H,3-4,6,13H2,1-2H3,(H,20,21). The highest BCUT2D eigenvalue weighted by atomic mass is 32.2. The average Bonchev–Trinajstić information content (AvgIpc) is 2.55. The topological polar surface area (TPSA) is 63.2 Å². The highest BCUT2D eigenvalue weighted by molar-refractivity contribution is 7.90. The summed E-state index contributed by atoms with van der Waals surface area (Å²) in [6.07, 6.45) is 3.99. The van der Waals surface area contributed by atoms with Crippen molar-refractivity contribution in [2.24, 2.45) is 0 Å². The van der Waals surface area contributed by atoms with Crippen LogP contribution in [0, 0.1) is 6.92 Å². The molecule has 0 aliphatic rings. The van der Waals surface area contributed by atoms with E-state index in [-0.39, 0.29) is 10.8 Å². The molecule has 1 amide bonds. The van der Waals surface area contributed by atoms with Crippen molar-refractivity contribution in [3.8, 4) is 0 Å². The molecule has 0 saturated heterocycles. The van der Waals surface area contributed by atoms with Gasteiger partial charge in [0.05, 0.1) is 4.90 Å². The summed E-state index contributed by atoms with van der Waals surface area (Å²) in [5.74, 6) is -0.240.